The highest BCUT2D eigenvalue weighted by Gasteiger charge is 2.24. The van der Waals surface area contributed by atoms with Crippen LogP contribution < -0.4 is 9.64 Å². The smallest absolute Gasteiger partial charge is 0.265 e. The molecule has 0 aromatic heterocycles. The molecule has 1 aromatic rings. The first-order valence-electron chi connectivity index (χ1n) is 5.26. The average molecular weight is 205 g/mol. The largest absolute Gasteiger partial charge is 0.482 e. The van der Waals surface area contributed by atoms with Crippen molar-refractivity contribution in [1.82, 2.24) is 0 Å². The molecule has 0 aliphatic carbocycles. The maximum absolute atomic E-state index is 11.7. The Kier molecular flexibility index (Phi) is 2.62. The van der Waals surface area contributed by atoms with Gasteiger partial charge in [0.1, 0.15) is 5.75 Å². The van der Waals surface area contributed by atoms with Gasteiger partial charge in [0.05, 0.1) is 5.69 Å². The van der Waals surface area contributed by atoms with E-state index in [9.17, 15) is 4.79 Å². The van der Waals surface area contributed by atoms with Gasteiger partial charge in [-0.05, 0) is 31.0 Å². The van der Waals surface area contributed by atoms with E-state index in [-0.39, 0.29) is 12.5 Å². The number of carbonyl (C=O) groups is 1. The number of benzene rings is 1. The summed E-state index contributed by atoms with van der Waals surface area (Å²) >= 11 is 0. The van der Waals surface area contributed by atoms with E-state index in [0.717, 1.165) is 30.0 Å². The van der Waals surface area contributed by atoms with Gasteiger partial charge in [0, 0.05) is 6.54 Å². The van der Waals surface area contributed by atoms with E-state index in [1.54, 1.807) is 0 Å². The van der Waals surface area contributed by atoms with Crippen LogP contribution in [-0.4, -0.2) is 19.1 Å². The number of anilines is 1. The Morgan fingerprint density at radius 1 is 1.47 bits per heavy atom. The first-order chi connectivity index (χ1) is 7.22. The third kappa shape index (κ3) is 1.82. The Labute approximate surface area is 89.7 Å². The Morgan fingerprint density at radius 2 is 2.27 bits per heavy atom. The Hall–Kier alpha value is -1.51. The van der Waals surface area contributed by atoms with Crippen LogP contribution in [0.4, 0.5) is 5.69 Å². The summed E-state index contributed by atoms with van der Waals surface area (Å²) in [6.07, 6.45) is 0.957. The molecule has 0 radical (unpaired) electrons. The molecular weight excluding hydrogens is 190 g/mol. The SMILES string of the molecule is CCCN1C(=O)COc2ccc(C)cc21. The molecule has 0 spiro atoms. The van der Waals surface area contributed by atoms with Crippen LogP contribution in [0, 0.1) is 6.92 Å². The second-order valence-corrected chi connectivity index (χ2v) is 3.81. The molecule has 0 unspecified atom stereocenters. The normalized spacial score (nSPS) is 14.8. The van der Waals surface area contributed by atoms with Gasteiger partial charge in [-0.25, -0.2) is 0 Å². The van der Waals surface area contributed by atoms with Gasteiger partial charge < -0.3 is 9.64 Å². The Balaban J connectivity index is 2.41. The van der Waals surface area contributed by atoms with Crippen LogP contribution in [0.5, 0.6) is 5.75 Å². The minimum Gasteiger partial charge on any atom is -0.482 e. The van der Waals surface area contributed by atoms with Gasteiger partial charge in [0.15, 0.2) is 6.61 Å². The zero-order valence-electron chi connectivity index (χ0n) is 9.12. The Bertz CT molecular complexity index is 387. The van der Waals surface area contributed by atoms with Crippen LogP contribution in [0.15, 0.2) is 18.2 Å². The summed E-state index contributed by atoms with van der Waals surface area (Å²) in [6.45, 7) is 5.01. The molecule has 1 aromatic carbocycles. The summed E-state index contributed by atoms with van der Waals surface area (Å²) in [5.74, 6) is 0.864. The van der Waals surface area contributed by atoms with Crippen LogP contribution in [0.25, 0.3) is 0 Å². The van der Waals surface area contributed by atoms with E-state index in [2.05, 4.69) is 6.92 Å². The van der Waals surface area contributed by atoms with Gasteiger partial charge >= 0.3 is 0 Å². The van der Waals surface area contributed by atoms with Gasteiger partial charge in [0.25, 0.3) is 5.91 Å². The van der Waals surface area contributed by atoms with Crippen molar-refractivity contribution in [3.05, 3.63) is 23.8 Å². The first kappa shape index (κ1) is 10.0. The molecule has 0 bridgehead atoms. The summed E-state index contributed by atoms with van der Waals surface area (Å²) in [5, 5.41) is 0. The lowest BCUT2D eigenvalue weighted by atomic mass is 10.1. The molecule has 15 heavy (non-hydrogen) atoms. The molecule has 1 heterocycles. The number of hydrogen-bond acceptors (Lipinski definition) is 2. The van der Waals surface area contributed by atoms with Crippen molar-refractivity contribution in [2.75, 3.05) is 18.1 Å². The van der Waals surface area contributed by atoms with Crippen LogP contribution >= 0.6 is 0 Å². The van der Waals surface area contributed by atoms with Crippen molar-refractivity contribution in [2.24, 2.45) is 0 Å². The van der Waals surface area contributed by atoms with E-state index in [1.165, 1.54) is 0 Å². The third-order valence-electron chi connectivity index (χ3n) is 2.50. The lowest BCUT2D eigenvalue weighted by molar-refractivity contribution is -0.121. The maximum Gasteiger partial charge on any atom is 0.265 e. The quantitative estimate of drug-likeness (QED) is 0.740. The van der Waals surface area contributed by atoms with Crippen molar-refractivity contribution >= 4 is 11.6 Å². The number of aryl methyl sites for hydroxylation is 1. The second-order valence-electron chi connectivity index (χ2n) is 3.81. The predicted molar refractivity (Wildman–Crippen MR) is 59.3 cm³/mol. The number of ether oxygens (including phenoxy) is 1. The lowest BCUT2D eigenvalue weighted by Gasteiger charge is -2.29. The van der Waals surface area contributed by atoms with Gasteiger partial charge in [-0.1, -0.05) is 13.0 Å². The number of nitrogens with zero attached hydrogens (tertiary/aromatic N) is 1. The van der Waals surface area contributed by atoms with Crippen molar-refractivity contribution in [3.63, 3.8) is 0 Å². The third-order valence-corrected chi connectivity index (χ3v) is 2.50. The van der Waals surface area contributed by atoms with E-state index in [1.807, 2.05) is 30.0 Å². The Morgan fingerprint density at radius 3 is 3.00 bits per heavy atom. The maximum atomic E-state index is 11.7. The van der Waals surface area contributed by atoms with Crippen molar-refractivity contribution < 1.29 is 9.53 Å². The summed E-state index contributed by atoms with van der Waals surface area (Å²) in [5.41, 5.74) is 2.06. The molecule has 3 heteroatoms. The second kappa shape index (κ2) is 3.93. The summed E-state index contributed by atoms with van der Waals surface area (Å²) < 4.78 is 5.38. The van der Waals surface area contributed by atoms with Gasteiger partial charge in [-0.3, -0.25) is 4.79 Å². The highest BCUT2D eigenvalue weighted by molar-refractivity contribution is 5.97. The molecule has 1 amide bonds. The predicted octanol–water partition coefficient (Wildman–Crippen LogP) is 2.13. The van der Waals surface area contributed by atoms with Crippen LogP contribution in [-0.2, 0) is 4.79 Å². The lowest BCUT2D eigenvalue weighted by Crippen LogP contribution is -2.39. The van der Waals surface area contributed by atoms with Crippen LogP contribution in [0.1, 0.15) is 18.9 Å². The highest BCUT2D eigenvalue weighted by atomic mass is 16.5. The molecule has 0 fully saturated rings. The molecule has 0 N–H and O–H groups in total. The molecule has 1 aliphatic heterocycles. The number of fused-ring (bicyclic) bond motifs is 1. The van der Waals surface area contributed by atoms with Gasteiger partial charge in [0.2, 0.25) is 0 Å². The zero-order chi connectivity index (χ0) is 10.8. The summed E-state index contributed by atoms with van der Waals surface area (Å²) in [6, 6.07) is 5.93. The molecule has 3 nitrogen and oxygen atoms in total. The van der Waals surface area contributed by atoms with Crippen LogP contribution in [0.2, 0.25) is 0 Å². The van der Waals surface area contributed by atoms with E-state index >= 15 is 0 Å². The van der Waals surface area contributed by atoms with Crippen LogP contribution in [0.3, 0.4) is 0 Å². The van der Waals surface area contributed by atoms with Crippen molar-refractivity contribution in [1.29, 1.82) is 0 Å². The van der Waals surface area contributed by atoms with Gasteiger partial charge in [-0.15, -0.1) is 0 Å². The molecule has 0 atom stereocenters. The molecule has 1 aliphatic rings. The summed E-state index contributed by atoms with van der Waals surface area (Å²) in [7, 11) is 0. The fourth-order valence-corrected chi connectivity index (χ4v) is 1.78. The fraction of sp³-hybridized carbons (Fsp3) is 0.417. The molecule has 0 saturated heterocycles. The number of rotatable bonds is 2. The average Bonchev–Trinajstić information content (AvgIpc) is 2.23. The van der Waals surface area contributed by atoms with E-state index in [0.29, 0.717) is 0 Å². The van der Waals surface area contributed by atoms with E-state index < -0.39 is 0 Å². The first-order valence-corrected chi connectivity index (χ1v) is 5.26. The number of amides is 1. The van der Waals surface area contributed by atoms with Crippen molar-refractivity contribution in [3.8, 4) is 5.75 Å². The minimum atomic E-state index is 0.0509. The standard InChI is InChI=1S/C12H15NO2/c1-3-6-13-10-7-9(2)4-5-11(10)15-8-12(13)14/h4-5,7H,3,6,8H2,1-2H3. The van der Waals surface area contributed by atoms with Crippen molar-refractivity contribution in [2.45, 2.75) is 20.3 Å². The molecule has 0 saturated carbocycles. The molecule has 2 rings (SSSR count). The highest BCUT2D eigenvalue weighted by Crippen LogP contribution is 2.32. The summed E-state index contributed by atoms with van der Waals surface area (Å²) in [4.78, 5) is 13.5. The van der Waals surface area contributed by atoms with E-state index in [4.69, 9.17) is 4.74 Å². The monoisotopic (exact) mass is 205 g/mol. The molecular formula is C12H15NO2. The minimum absolute atomic E-state index is 0.0509. The number of hydrogen-bond donors (Lipinski definition) is 0. The zero-order valence-corrected chi connectivity index (χ0v) is 9.12. The topological polar surface area (TPSA) is 29.5 Å². The fourth-order valence-electron chi connectivity index (χ4n) is 1.78. The number of carbonyl (C=O) groups excluding carboxylic acids is 1. The molecule has 80 valence electrons. The van der Waals surface area contributed by atoms with Gasteiger partial charge in [-0.2, -0.15) is 0 Å².